The van der Waals surface area contributed by atoms with Crippen molar-refractivity contribution in [2.75, 3.05) is 0 Å². The van der Waals surface area contributed by atoms with Crippen molar-refractivity contribution in [2.24, 2.45) is 0 Å². The van der Waals surface area contributed by atoms with Crippen molar-refractivity contribution < 1.29 is 0 Å². The first kappa shape index (κ1) is 15.1. The number of benzene rings is 1. The number of unbranched alkanes of at least 4 members (excludes halogenated alkanes) is 2. The van der Waals surface area contributed by atoms with Crippen molar-refractivity contribution in [2.45, 2.75) is 62.3 Å². The molecule has 0 radical (unpaired) electrons. The van der Waals surface area contributed by atoms with Gasteiger partial charge in [-0.25, -0.2) is 0 Å². The molecule has 0 bridgehead atoms. The van der Waals surface area contributed by atoms with Crippen LogP contribution in [0.2, 0.25) is 8.87 Å². The van der Waals surface area contributed by atoms with Crippen molar-refractivity contribution in [1.82, 2.24) is 0 Å². The molecule has 0 atom stereocenters. The molecule has 0 aliphatic rings. The van der Waals surface area contributed by atoms with Crippen LogP contribution in [0.15, 0.2) is 18.2 Å². The minimum absolute atomic E-state index is 1.37. The van der Waals surface area contributed by atoms with Crippen LogP contribution in [-0.2, 0) is 0 Å². The van der Waals surface area contributed by atoms with Gasteiger partial charge in [0.25, 0.3) is 0 Å². The molecule has 0 aromatic heterocycles. The molecular formula is C16H28Sn. The fourth-order valence-electron chi connectivity index (χ4n) is 2.56. The Morgan fingerprint density at radius 3 is 2.06 bits per heavy atom. The van der Waals surface area contributed by atoms with Gasteiger partial charge < -0.3 is 0 Å². The van der Waals surface area contributed by atoms with Gasteiger partial charge in [0.2, 0.25) is 0 Å². The topological polar surface area (TPSA) is 0 Å². The first-order valence-corrected chi connectivity index (χ1v) is 13.6. The zero-order valence-electron chi connectivity index (χ0n) is 12.1. The number of rotatable bonds is 7. The molecule has 0 aliphatic carbocycles. The minimum atomic E-state index is -1.45. The molecule has 17 heavy (non-hydrogen) atoms. The summed E-state index contributed by atoms with van der Waals surface area (Å²) in [6.07, 6.45) is 5.64. The van der Waals surface area contributed by atoms with Gasteiger partial charge in [-0.2, -0.15) is 0 Å². The van der Waals surface area contributed by atoms with Crippen LogP contribution in [-0.4, -0.2) is 19.8 Å². The van der Waals surface area contributed by atoms with Gasteiger partial charge in [-0.1, -0.05) is 0 Å². The van der Waals surface area contributed by atoms with Crippen LogP contribution < -0.4 is 3.58 Å². The summed E-state index contributed by atoms with van der Waals surface area (Å²) in [4.78, 5) is 0. The Hall–Kier alpha value is 0.0187. The average molecular weight is 339 g/mol. The second-order valence-electron chi connectivity index (χ2n) is 5.34. The van der Waals surface area contributed by atoms with E-state index in [4.69, 9.17) is 0 Å². The van der Waals surface area contributed by atoms with E-state index < -0.39 is 19.8 Å². The van der Waals surface area contributed by atoms with Crippen LogP contribution >= 0.6 is 0 Å². The second kappa shape index (κ2) is 8.18. The number of aryl methyl sites for hydroxylation is 2. The summed E-state index contributed by atoms with van der Waals surface area (Å²) in [5, 5.41) is 0. The van der Waals surface area contributed by atoms with Crippen molar-refractivity contribution in [1.29, 1.82) is 0 Å². The van der Waals surface area contributed by atoms with Crippen LogP contribution in [0.4, 0.5) is 0 Å². The van der Waals surface area contributed by atoms with Crippen molar-refractivity contribution in [3.63, 3.8) is 0 Å². The molecule has 96 valence electrons. The quantitative estimate of drug-likeness (QED) is 0.649. The SMILES string of the molecule is CCC[CH2][SnH]([CH2]CCC)[c]1cc(C)ccc1C. The summed E-state index contributed by atoms with van der Waals surface area (Å²) in [7, 11) is 0. The van der Waals surface area contributed by atoms with Crippen LogP contribution in [0, 0.1) is 13.8 Å². The molecule has 0 nitrogen and oxygen atoms in total. The predicted octanol–water partition coefficient (Wildman–Crippen LogP) is 4.34. The van der Waals surface area contributed by atoms with E-state index >= 15 is 0 Å². The van der Waals surface area contributed by atoms with Crippen LogP contribution in [0.3, 0.4) is 0 Å². The van der Waals surface area contributed by atoms with Crippen LogP contribution in [0.25, 0.3) is 0 Å². The van der Waals surface area contributed by atoms with E-state index in [0.717, 1.165) is 0 Å². The molecule has 0 amide bonds. The molecular weight excluding hydrogens is 311 g/mol. The molecule has 0 N–H and O–H groups in total. The van der Waals surface area contributed by atoms with E-state index in [1.165, 1.54) is 31.2 Å². The maximum absolute atomic E-state index is 2.50. The van der Waals surface area contributed by atoms with Gasteiger partial charge in [0.05, 0.1) is 0 Å². The van der Waals surface area contributed by atoms with E-state index in [1.807, 2.05) is 3.58 Å². The van der Waals surface area contributed by atoms with Gasteiger partial charge in [0.1, 0.15) is 0 Å². The molecule has 0 spiro atoms. The molecule has 1 aromatic carbocycles. The molecule has 0 heterocycles. The Labute approximate surface area is 115 Å². The summed E-state index contributed by atoms with van der Waals surface area (Å²) in [6, 6.07) is 7.11. The fraction of sp³-hybridized carbons (Fsp3) is 0.625. The summed E-state index contributed by atoms with van der Waals surface area (Å²) in [6.45, 7) is 9.21. The Morgan fingerprint density at radius 2 is 1.53 bits per heavy atom. The molecule has 0 fully saturated rings. The predicted molar refractivity (Wildman–Crippen MR) is 82.1 cm³/mol. The van der Waals surface area contributed by atoms with Gasteiger partial charge in [-0.3, -0.25) is 0 Å². The Bertz CT molecular complexity index is 322. The second-order valence-corrected chi connectivity index (χ2v) is 14.4. The number of hydrogen-bond acceptors (Lipinski definition) is 0. The Morgan fingerprint density at radius 1 is 0.941 bits per heavy atom. The molecule has 0 unspecified atom stereocenters. The summed E-state index contributed by atoms with van der Waals surface area (Å²) >= 11 is -1.45. The van der Waals surface area contributed by atoms with Gasteiger partial charge in [-0.15, -0.1) is 0 Å². The van der Waals surface area contributed by atoms with Gasteiger partial charge in [-0.05, 0) is 0 Å². The maximum atomic E-state index is 2.50. The van der Waals surface area contributed by atoms with Crippen molar-refractivity contribution in [3.05, 3.63) is 29.3 Å². The standard InChI is InChI=1S/C8H9.2C4H9.Sn.H/c1-7-3-5-8(2)6-4-7;2*1-3-4-2;;/h3-5H,1-2H3;2*1,3-4H2,2H3;;. The van der Waals surface area contributed by atoms with Crippen LogP contribution in [0.5, 0.6) is 0 Å². The van der Waals surface area contributed by atoms with Gasteiger partial charge in [0, 0.05) is 0 Å². The van der Waals surface area contributed by atoms with Crippen molar-refractivity contribution in [3.8, 4) is 0 Å². The monoisotopic (exact) mass is 340 g/mol. The van der Waals surface area contributed by atoms with Gasteiger partial charge >= 0.3 is 115 Å². The fourth-order valence-corrected chi connectivity index (χ4v) is 13.8. The summed E-state index contributed by atoms with van der Waals surface area (Å²) in [5.74, 6) is 0. The number of hydrogen-bond donors (Lipinski definition) is 0. The third-order valence-electron chi connectivity index (χ3n) is 3.69. The van der Waals surface area contributed by atoms with E-state index in [2.05, 4.69) is 45.9 Å². The third-order valence-corrected chi connectivity index (χ3v) is 14.3. The molecule has 1 heteroatoms. The normalized spacial score (nSPS) is 11.1. The van der Waals surface area contributed by atoms with Gasteiger partial charge in [0.15, 0.2) is 0 Å². The first-order valence-electron chi connectivity index (χ1n) is 7.26. The summed E-state index contributed by atoms with van der Waals surface area (Å²) in [5.41, 5.74) is 3.03. The zero-order chi connectivity index (χ0) is 12.7. The molecule has 1 aromatic rings. The zero-order valence-corrected chi connectivity index (χ0v) is 15.3. The van der Waals surface area contributed by atoms with Crippen molar-refractivity contribution >= 4 is 23.3 Å². The summed E-state index contributed by atoms with van der Waals surface area (Å²) < 4.78 is 4.96. The molecule has 1 rings (SSSR count). The molecule has 0 aliphatic heterocycles. The van der Waals surface area contributed by atoms with E-state index in [9.17, 15) is 0 Å². The van der Waals surface area contributed by atoms with E-state index in [1.54, 1.807) is 14.4 Å². The Kier molecular flexibility index (Phi) is 7.25. The van der Waals surface area contributed by atoms with E-state index in [-0.39, 0.29) is 0 Å². The van der Waals surface area contributed by atoms with Crippen LogP contribution in [0.1, 0.15) is 50.7 Å². The molecule has 0 saturated carbocycles. The average Bonchev–Trinajstić information content (AvgIpc) is 2.33. The molecule has 0 saturated heterocycles. The first-order chi connectivity index (χ1) is 8.19. The Balaban J connectivity index is 2.82. The third kappa shape index (κ3) is 5.03. The van der Waals surface area contributed by atoms with E-state index in [0.29, 0.717) is 0 Å².